The van der Waals surface area contributed by atoms with Crippen molar-refractivity contribution in [2.24, 2.45) is 0 Å². The van der Waals surface area contributed by atoms with Gasteiger partial charge in [0.1, 0.15) is 0 Å². The van der Waals surface area contributed by atoms with Crippen molar-refractivity contribution in [3.05, 3.63) is 27.7 Å². The van der Waals surface area contributed by atoms with Gasteiger partial charge in [0, 0.05) is 19.8 Å². The molecule has 3 unspecified atom stereocenters. The number of benzene rings is 1. The van der Waals surface area contributed by atoms with E-state index in [9.17, 15) is 4.79 Å². The second-order valence-corrected chi connectivity index (χ2v) is 7.06. The van der Waals surface area contributed by atoms with E-state index in [1.807, 2.05) is 0 Å². The molecule has 0 amide bonds. The molecule has 0 spiro atoms. The molecule has 0 aliphatic carbocycles. The van der Waals surface area contributed by atoms with Gasteiger partial charge in [-0.2, -0.15) is 0 Å². The molecule has 0 saturated carbocycles. The zero-order valence-electron chi connectivity index (χ0n) is 12.9. The summed E-state index contributed by atoms with van der Waals surface area (Å²) in [5, 5.41) is 7.31. The minimum atomic E-state index is -0.451. The fourth-order valence-electron chi connectivity index (χ4n) is 3.36. The van der Waals surface area contributed by atoms with Gasteiger partial charge in [0.15, 0.2) is 6.23 Å². The molecule has 7 nitrogen and oxygen atoms in total. The van der Waals surface area contributed by atoms with Crippen molar-refractivity contribution in [1.82, 2.24) is 21.1 Å². The number of cyclic esters (lactones) is 1. The Labute approximate surface area is 150 Å². The van der Waals surface area contributed by atoms with Crippen LogP contribution in [0.2, 0.25) is 10.0 Å². The van der Waals surface area contributed by atoms with E-state index in [2.05, 4.69) is 26.4 Å². The third kappa shape index (κ3) is 3.08. The van der Waals surface area contributed by atoms with Gasteiger partial charge >= 0.3 is 5.97 Å². The number of nitrogens with one attached hydrogen (secondary N) is 4. The number of hydrazine groups is 1. The zero-order valence-corrected chi connectivity index (χ0v) is 14.5. The predicted molar refractivity (Wildman–Crippen MR) is 91.9 cm³/mol. The Kier molecular flexibility index (Phi) is 4.55. The average Bonchev–Trinajstić information content (AvgIpc) is 3.11. The van der Waals surface area contributed by atoms with E-state index in [1.165, 1.54) is 6.07 Å². The second kappa shape index (κ2) is 6.67. The first-order valence-electron chi connectivity index (χ1n) is 8.04. The van der Waals surface area contributed by atoms with Gasteiger partial charge in [-0.3, -0.25) is 4.90 Å². The van der Waals surface area contributed by atoms with Crippen LogP contribution in [-0.4, -0.2) is 49.1 Å². The van der Waals surface area contributed by atoms with Crippen LogP contribution in [0.5, 0.6) is 0 Å². The van der Waals surface area contributed by atoms with Crippen molar-refractivity contribution < 1.29 is 9.53 Å². The number of hydrogen-bond donors (Lipinski definition) is 4. The highest BCUT2D eigenvalue weighted by atomic mass is 35.5. The van der Waals surface area contributed by atoms with E-state index in [-0.39, 0.29) is 18.2 Å². The zero-order chi connectivity index (χ0) is 16.7. The van der Waals surface area contributed by atoms with Crippen LogP contribution in [0.15, 0.2) is 12.1 Å². The third-order valence-corrected chi connectivity index (χ3v) is 5.42. The number of nitrogens with zero attached hydrogens (tertiary/aromatic N) is 1. The minimum Gasteiger partial charge on any atom is -0.436 e. The quantitative estimate of drug-likeness (QED) is 0.584. The van der Waals surface area contributed by atoms with Gasteiger partial charge in [-0.25, -0.2) is 15.6 Å². The molecule has 1 aromatic rings. The molecule has 2 saturated heterocycles. The number of halogens is 2. The summed E-state index contributed by atoms with van der Waals surface area (Å²) in [4.78, 5) is 14.6. The van der Waals surface area contributed by atoms with Crippen LogP contribution in [0, 0.1) is 0 Å². The molecular formula is C15H19Cl2N5O2. The molecule has 3 atom stereocenters. The number of rotatable bonds is 2. The molecule has 4 N–H and O–H groups in total. The van der Waals surface area contributed by atoms with Gasteiger partial charge in [-0.15, -0.1) is 0 Å². The lowest BCUT2D eigenvalue weighted by molar-refractivity contribution is 0.0120. The summed E-state index contributed by atoms with van der Waals surface area (Å²) in [6, 6.07) is 3.18. The Morgan fingerprint density at radius 2 is 2.00 bits per heavy atom. The first-order chi connectivity index (χ1) is 11.6. The van der Waals surface area contributed by atoms with Crippen LogP contribution in [-0.2, 0) is 4.74 Å². The van der Waals surface area contributed by atoms with Crippen LogP contribution < -0.4 is 21.5 Å². The van der Waals surface area contributed by atoms with Crippen LogP contribution in [0.25, 0.3) is 0 Å². The number of anilines is 1. The third-order valence-electron chi connectivity index (χ3n) is 4.70. The van der Waals surface area contributed by atoms with Crippen LogP contribution >= 0.6 is 23.2 Å². The van der Waals surface area contributed by atoms with Gasteiger partial charge in [0.2, 0.25) is 0 Å². The van der Waals surface area contributed by atoms with Crippen molar-refractivity contribution in [1.29, 1.82) is 0 Å². The van der Waals surface area contributed by atoms with Gasteiger partial charge in [-0.1, -0.05) is 23.2 Å². The summed E-state index contributed by atoms with van der Waals surface area (Å²) in [5.74, 6) is -0.389. The topological polar surface area (TPSA) is 77.7 Å². The van der Waals surface area contributed by atoms with E-state index >= 15 is 0 Å². The smallest absolute Gasteiger partial charge is 0.342 e. The van der Waals surface area contributed by atoms with Crippen molar-refractivity contribution in [3.63, 3.8) is 0 Å². The van der Waals surface area contributed by atoms with E-state index in [4.69, 9.17) is 27.9 Å². The maximum atomic E-state index is 12.2. The minimum absolute atomic E-state index is 0.0247. The molecule has 4 rings (SSSR count). The molecule has 0 aromatic heterocycles. The fourth-order valence-corrected chi connectivity index (χ4v) is 3.68. The number of esters is 1. The first kappa shape index (κ1) is 16.4. The molecule has 9 heteroatoms. The van der Waals surface area contributed by atoms with E-state index < -0.39 is 6.23 Å². The van der Waals surface area contributed by atoms with Gasteiger partial charge in [0.05, 0.1) is 33.5 Å². The molecular weight excluding hydrogens is 353 g/mol. The molecule has 3 aliphatic rings. The maximum absolute atomic E-state index is 12.2. The van der Waals surface area contributed by atoms with Gasteiger partial charge < -0.3 is 15.4 Å². The Morgan fingerprint density at radius 1 is 1.17 bits per heavy atom. The largest absolute Gasteiger partial charge is 0.436 e. The number of ether oxygens (including phenoxy) is 1. The Morgan fingerprint density at radius 3 is 2.71 bits per heavy atom. The standard InChI is InChI=1S/C15H19Cl2N5O2/c16-9-5-8-12(6-10(9)17)19-14(24-15(8)23)11-1-2-13(21-20-11)22-4-3-18-7-22/h5-6,11,13-14,18-21H,1-4,7H2. The van der Waals surface area contributed by atoms with Crippen molar-refractivity contribution in [2.75, 3.05) is 25.1 Å². The van der Waals surface area contributed by atoms with E-state index in [0.29, 0.717) is 21.3 Å². The van der Waals surface area contributed by atoms with E-state index in [0.717, 1.165) is 32.6 Å². The van der Waals surface area contributed by atoms with Crippen LogP contribution in [0.3, 0.4) is 0 Å². The molecule has 2 fully saturated rings. The van der Waals surface area contributed by atoms with Crippen LogP contribution in [0.4, 0.5) is 5.69 Å². The highest BCUT2D eigenvalue weighted by Gasteiger charge is 2.36. The van der Waals surface area contributed by atoms with Crippen molar-refractivity contribution >= 4 is 34.9 Å². The summed E-state index contributed by atoms with van der Waals surface area (Å²) in [6.45, 7) is 2.95. The highest BCUT2D eigenvalue weighted by molar-refractivity contribution is 6.42. The molecule has 3 heterocycles. The molecule has 0 radical (unpaired) electrons. The second-order valence-electron chi connectivity index (χ2n) is 6.24. The molecule has 3 aliphatic heterocycles. The summed E-state index contributed by atoms with van der Waals surface area (Å²) < 4.78 is 5.53. The van der Waals surface area contributed by atoms with Crippen LogP contribution in [0.1, 0.15) is 23.2 Å². The lowest BCUT2D eigenvalue weighted by atomic mass is 10.0. The highest BCUT2D eigenvalue weighted by Crippen LogP contribution is 2.33. The fraction of sp³-hybridized carbons (Fsp3) is 0.533. The van der Waals surface area contributed by atoms with Crippen molar-refractivity contribution in [2.45, 2.75) is 31.3 Å². The maximum Gasteiger partial charge on any atom is 0.342 e. The number of hydrogen-bond acceptors (Lipinski definition) is 7. The molecule has 24 heavy (non-hydrogen) atoms. The van der Waals surface area contributed by atoms with Crippen molar-refractivity contribution in [3.8, 4) is 0 Å². The predicted octanol–water partition coefficient (Wildman–Crippen LogP) is 1.35. The Bertz CT molecular complexity index is 645. The van der Waals surface area contributed by atoms with Gasteiger partial charge in [0.25, 0.3) is 0 Å². The van der Waals surface area contributed by atoms with E-state index in [1.54, 1.807) is 6.07 Å². The summed E-state index contributed by atoms with van der Waals surface area (Å²) in [6.07, 6.45) is 1.70. The number of carbonyl (C=O) groups is 1. The Balaban J connectivity index is 1.43. The monoisotopic (exact) mass is 371 g/mol. The molecule has 0 bridgehead atoms. The average molecular weight is 372 g/mol. The molecule has 1 aromatic carbocycles. The summed E-state index contributed by atoms with van der Waals surface area (Å²) in [7, 11) is 0. The van der Waals surface area contributed by atoms with Gasteiger partial charge in [-0.05, 0) is 25.0 Å². The number of fused-ring (bicyclic) bond motifs is 1. The Hall–Kier alpha value is -1.09. The summed E-state index contributed by atoms with van der Waals surface area (Å²) >= 11 is 12.0. The normalized spacial score (nSPS) is 30.6. The molecule has 130 valence electrons. The SMILES string of the molecule is O=C1OC(C2CCC(N3CCNC3)NN2)Nc2cc(Cl)c(Cl)cc21. The number of carbonyl (C=O) groups excluding carboxylic acids is 1. The first-order valence-corrected chi connectivity index (χ1v) is 8.80. The lowest BCUT2D eigenvalue weighted by Crippen LogP contribution is -2.62. The summed E-state index contributed by atoms with van der Waals surface area (Å²) in [5.41, 5.74) is 7.66. The lowest BCUT2D eigenvalue weighted by Gasteiger charge is -2.40.